The van der Waals surface area contributed by atoms with Gasteiger partial charge in [0.1, 0.15) is 4.99 Å². The van der Waals surface area contributed by atoms with Crippen LogP contribution >= 0.6 is 28.1 Å². The summed E-state index contributed by atoms with van der Waals surface area (Å²) < 4.78 is 1.00. The van der Waals surface area contributed by atoms with Gasteiger partial charge in [-0.05, 0) is 31.0 Å². The second-order valence-electron chi connectivity index (χ2n) is 4.11. The van der Waals surface area contributed by atoms with Gasteiger partial charge in [0.25, 0.3) is 0 Å². The molecule has 2 nitrogen and oxygen atoms in total. The molecule has 1 rings (SSSR count). The number of benzene rings is 1. The number of nitrogens with zero attached hydrogens (tertiary/aromatic N) is 1. The maximum Gasteiger partial charge on any atom is 0.106 e. The highest BCUT2D eigenvalue weighted by molar-refractivity contribution is 9.10. The van der Waals surface area contributed by atoms with E-state index in [0.717, 1.165) is 28.6 Å². The molecular weight excluding hydrogens is 296 g/mol. The van der Waals surface area contributed by atoms with Gasteiger partial charge >= 0.3 is 0 Å². The van der Waals surface area contributed by atoms with E-state index in [4.69, 9.17) is 18.0 Å². The van der Waals surface area contributed by atoms with Gasteiger partial charge in [-0.15, -0.1) is 0 Å². The van der Waals surface area contributed by atoms with Crippen LogP contribution in [-0.4, -0.2) is 18.1 Å². The molecule has 1 aromatic carbocycles. The summed E-state index contributed by atoms with van der Waals surface area (Å²) in [5, 5.41) is 0. The molecule has 0 spiro atoms. The lowest BCUT2D eigenvalue weighted by molar-refractivity contribution is 0.591. The minimum Gasteiger partial charge on any atom is -0.389 e. The van der Waals surface area contributed by atoms with Crippen molar-refractivity contribution < 1.29 is 0 Å². The molecule has 0 bridgehead atoms. The van der Waals surface area contributed by atoms with Crippen LogP contribution in [0.2, 0.25) is 0 Å². The van der Waals surface area contributed by atoms with E-state index < -0.39 is 0 Å². The van der Waals surface area contributed by atoms with Gasteiger partial charge in [-0.25, -0.2) is 0 Å². The molecule has 4 heteroatoms. The number of rotatable bonds is 5. The van der Waals surface area contributed by atoms with Gasteiger partial charge in [0.05, 0.1) is 0 Å². The Hall–Kier alpha value is -0.610. The minimum absolute atomic E-state index is 0.444. The molecule has 0 atom stereocenters. The molecule has 0 aromatic heterocycles. The molecule has 0 fully saturated rings. The van der Waals surface area contributed by atoms with E-state index >= 15 is 0 Å². The summed E-state index contributed by atoms with van der Waals surface area (Å²) in [6, 6.07) is 6.59. The van der Waals surface area contributed by atoms with Gasteiger partial charge in [-0.3, -0.25) is 0 Å². The molecule has 0 heterocycles. The summed E-state index contributed by atoms with van der Waals surface area (Å²) in [5.41, 5.74) is 7.83. The topological polar surface area (TPSA) is 29.3 Å². The van der Waals surface area contributed by atoms with Crippen LogP contribution in [0.3, 0.4) is 0 Å². The zero-order chi connectivity index (χ0) is 13.0. The van der Waals surface area contributed by atoms with E-state index in [1.165, 1.54) is 0 Å². The molecule has 0 saturated carbocycles. The van der Waals surface area contributed by atoms with Crippen LogP contribution in [0.15, 0.2) is 22.7 Å². The number of thiocarbonyl (C=S) groups is 1. The molecule has 94 valence electrons. The smallest absolute Gasteiger partial charge is 0.106 e. The van der Waals surface area contributed by atoms with E-state index in [-0.39, 0.29) is 0 Å². The molecule has 0 amide bonds. The third-order valence-electron chi connectivity index (χ3n) is 3.09. The molecule has 2 N–H and O–H groups in total. The van der Waals surface area contributed by atoms with Crippen molar-refractivity contribution in [2.45, 2.75) is 32.7 Å². The van der Waals surface area contributed by atoms with Gasteiger partial charge in [0.2, 0.25) is 0 Å². The number of halogens is 1. The summed E-state index contributed by atoms with van der Waals surface area (Å²) in [6.07, 6.45) is 2.22. The van der Waals surface area contributed by atoms with Gasteiger partial charge < -0.3 is 10.6 Å². The Morgan fingerprint density at radius 3 is 2.47 bits per heavy atom. The Balaban J connectivity index is 3.16. The van der Waals surface area contributed by atoms with Crippen molar-refractivity contribution >= 4 is 38.8 Å². The normalized spacial score (nSPS) is 10.6. The van der Waals surface area contributed by atoms with Crippen molar-refractivity contribution in [2.24, 2.45) is 5.73 Å². The Labute approximate surface area is 117 Å². The predicted molar refractivity (Wildman–Crippen MR) is 82.8 cm³/mol. The van der Waals surface area contributed by atoms with Crippen LogP contribution < -0.4 is 10.6 Å². The molecule has 0 radical (unpaired) electrons. The quantitative estimate of drug-likeness (QED) is 0.840. The summed E-state index contributed by atoms with van der Waals surface area (Å²) in [5.74, 6) is 0. The first kappa shape index (κ1) is 14.5. The Morgan fingerprint density at radius 2 is 2.00 bits per heavy atom. The molecule has 0 aliphatic heterocycles. The summed E-state index contributed by atoms with van der Waals surface area (Å²) >= 11 is 8.57. The Bertz CT molecular complexity index is 402. The van der Waals surface area contributed by atoms with Gasteiger partial charge in [0.15, 0.2) is 0 Å². The maximum atomic E-state index is 5.79. The number of anilines is 1. The average Bonchev–Trinajstić information content (AvgIpc) is 2.30. The number of nitrogens with two attached hydrogens (primary N) is 1. The van der Waals surface area contributed by atoms with Crippen LogP contribution in [-0.2, 0) is 0 Å². The van der Waals surface area contributed by atoms with Gasteiger partial charge in [0, 0.05) is 28.8 Å². The van der Waals surface area contributed by atoms with Crippen molar-refractivity contribution in [3.8, 4) is 0 Å². The third-order valence-corrected chi connectivity index (χ3v) is 3.81. The van der Waals surface area contributed by atoms with Crippen molar-refractivity contribution in [3.05, 3.63) is 28.2 Å². The van der Waals surface area contributed by atoms with Crippen LogP contribution in [0.4, 0.5) is 5.69 Å². The summed E-state index contributed by atoms with van der Waals surface area (Å²) in [6.45, 7) is 4.40. The Kier molecular flexibility index (Phi) is 5.40. The molecule has 0 unspecified atom stereocenters. The third kappa shape index (κ3) is 3.42. The SMILES string of the molecule is CCC(CC)N(C)c1ccc(Br)cc1C(N)=S. The van der Waals surface area contributed by atoms with E-state index in [2.05, 4.69) is 47.8 Å². The lowest BCUT2D eigenvalue weighted by Crippen LogP contribution is -2.32. The van der Waals surface area contributed by atoms with Gasteiger partial charge in [-0.1, -0.05) is 42.0 Å². The largest absolute Gasteiger partial charge is 0.389 e. The van der Waals surface area contributed by atoms with Crippen molar-refractivity contribution in [2.75, 3.05) is 11.9 Å². The first-order valence-corrected chi connectivity index (χ1v) is 7.03. The fourth-order valence-electron chi connectivity index (χ4n) is 2.05. The van der Waals surface area contributed by atoms with Crippen LogP contribution in [0.25, 0.3) is 0 Å². The molecule has 0 aliphatic carbocycles. The Morgan fingerprint density at radius 1 is 1.41 bits per heavy atom. The van der Waals surface area contributed by atoms with Crippen LogP contribution in [0, 0.1) is 0 Å². The monoisotopic (exact) mass is 314 g/mol. The fraction of sp³-hybridized carbons (Fsp3) is 0.462. The highest BCUT2D eigenvalue weighted by Crippen LogP contribution is 2.26. The molecular formula is C13H19BrN2S. The first-order chi connectivity index (χ1) is 8.01. The highest BCUT2D eigenvalue weighted by Gasteiger charge is 2.15. The zero-order valence-corrected chi connectivity index (χ0v) is 12.9. The lowest BCUT2D eigenvalue weighted by atomic mass is 10.1. The van der Waals surface area contributed by atoms with Crippen LogP contribution in [0.1, 0.15) is 32.3 Å². The van der Waals surface area contributed by atoms with Crippen LogP contribution in [0.5, 0.6) is 0 Å². The molecule has 0 saturated heterocycles. The van der Waals surface area contributed by atoms with Crippen molar-refractivity contribution in [1.82, 2.24) is 0 Å². The number of hydrogen-bond donors (Lipinski definition) is 1. The summed E-state index contributed by atoms with van der Waals surface area (Å²) in [7, 11) is 2.10. The van der Waals surface area contributed by atoms with Gasteiger partial charge in [-0.2, -0.15) is 0 Å². The second-order valence-corrected chi connectivity index (χ2v) is 5.46. The van der Waals surface area contributed by atoms with E-state index in [0.29, 0.717) is 11.0 Å². The average molecular weight is 315 g/mol. The molecule has 0 aliphatic rings. The lowest BCUT2D eigenvalue weighted by Gasteiger charge is -2.30. The predicted octanol–water partition coefficient (Wildman–Crippen LogP) is 3.71. The zero-order valence-electron chi connectivity index (χ0n) is 10.5. The van der Waals surface area contributed by atoms with E-state index in [1.54, 1.807) is 0 Å². The fourth-order valence-corrected chi connectivity index (χ4v) is 2.57. The number of hydrogen-bond acceptors (Lipinski definition) is 2. The molecule has 17 heavy (non-hydrogen) atoms. The highest BCUT2D eigenvalue weighted by atomic mass is 79.9. The van der Waals surface area contributed by atoms with Crippen molar-refractivity contribution in [1.29, 1.82) is 0 Å². The summed E-state index contributed by atoms with van der Waals surface area (Å²) in [4.78, 5) is 2.71. The van der Waals surface area contributed by atoms with E-state index in [9.17, 15) is 0 Å². The van der Waals surface area contributed by atoms with Crippen molar-refractivity contribution in [3.63, 3.8) is 0 Å². The molecule has 1 aromatic rings. The second kappa shape index (κ2) is 6.36. The maximum absolute atomic E-state index is 5.79. The standard InChI is InChI=1S/C13H19BrN2S/c1-4-10(5-2)16(3)12-7-6-9(14)8-11(12)13(15)17/h6-8,10H,4-5H2,1-3H3,(H2,15,17). The minimum atomic E-state index is 0.444. The first-order valence-electron chi connectivity index (χ1n) is 5.83. The van der Waals surface area contributed by atoms with E-state index in [1.807, 2.05) is 12.1 Å².